The van der Waals surface area contributed by atoms with Gasteiger partial charge in [0, 0.05) is 13.1 Å². The molecule has 132 valence electrons. The molecule has 0 radical (unpaired) electrons. The van der Waals surface area contributed by atoms with Crippen molar-refractivity contribution >= 4 is 5.97 Å². The van der Waals surface area contributed by atoms with Gasteiger partial charge in [-0.3, -0.25) is 4.79 Å². The molecule has 23 heavy (non-hydrogen) atoms. The van der Waals surface area contributed by atoms with Gasteiger partial charge in [-0.2, -0.15) is 0 Å². The molecule has 0 saturated heterocycles. The van der Waals surface area contributed by atoms with Crippen LogP contribution in [-0.4, -0.2) is 37.3 Å². The molecule has 0 fully saturated rings. The van der Waals surface area contributed by atoms with Gasteiger partial charge in [0.15, 0.2) is 0 Å². The highest BCUT2D eigenvalue weighted by atomic mass is 16.4. The first-order valence-corrected chi connectivity index (χ1v) is 8.84. The molecule has 0 bridgehead atoms. The summed E-state index contributed by atoms with van der Waals surface area (Å²) >= 11 is 0. The number of unbranched alkanes of at least 4 members (excludes halogenated alkanes) is 2. The van der Waals surface area contributed by atoms with Crippen LogP contribution < -0.4 is 10.6 Å². The Morgan fingerprint density at radius 2 is 1.65 bits per heavy atom. The van der Waals surface area contributed by atoms with E-state index < -0.39 is 5.97 Å². The van der Waals surface area contributed by atoms with Crippen LogP contribution in [0.3, 0.4) is 0 Å². The van der Waals surface area contributed by atoms with Crippen molar-refractivity contribution in [3.05, 3.63) is 36.5 Å². The van der Waals surface area contributed by atoms with Crippen molar-refractivity contribution in [2.75, 3.05) is 26.2 Å². The maximum atomic E-state index is 10.3. The number of carboxylic acids is 1. The zero-order chi connectivity index (χ0) is 17.2. The summed E-state index contributed by atoms with van der Waals surface area (Å²) in [5, 5.41) is 15.2. The minimum absolute atomic E-state index is 0.296. The average molecular weight is 322 g/mol. The summed E-state index contributed by atoms with van der Waals surface area (Å²) in [6.45, 7) is 8.74. The van der Waals surface area contributed by atoms with Crippen molar-refractivity contribution < 1.29 is 9.90 Å². The van der Waals surface area contributed by atoms with E-state index in [9.17, 15) is 4.79 Å². The topological polar surface area (TPSA) is 61.4 Å². The minimum atomic E-state index is -0.740. The van der Waals surface area contributed by atoms with E-state index in [-0.39, 0.29) is 5.92 Å². The molecule has 3 N–H and O–H groups in total. The Morgan fingerprint density at radius 3 is 2.00 bits per heavy atom. The number of nitrogens with one attached hydrogen (secondary N) is 2. The molecule has 1 unspecified atom stereocenters. The monoisotopic (exact) mass is 322 g/mol. The van der Waals surface area contributed by atoms with Gasteiger partial charge in [-0.05, 0) is 32.4 Å². The molecule has 1 atom stereocenters. The Balaban J connectivity index is 0.000000459. The fourth-order valence-corrected chi connectivity index (χ4v) is 1.90. The minimum Gasteiger partial charge on any atom is -0.481 e. The van der Waals surface area contributed by atoms with E-state index >= 15 is 0 Å². The van der Waals surface area contributed by atoms with E-state index in [1.165, 1.54) is 25.7 Å². The summed E-state index contributed by atoms with van der Waals surface area (Å²) < 4.78 is 0. The van der Waals surface area contributed by atoms with Gasteiger partial charge in [0.2, 0.25) is 0 Å². The first kappa shape index (κ1) is 21.6. The lowest BCUT2D eigenvalue weighted by Crippen LogP contribution is -2.17. The van der Waals surface area contributed by atoms with Crippen LogP contribution in [0.5, 0.6) is 0 Å². The van der Waals surface area contributed by atoms with Crippen LogP contribution in [-0.2, 0) is 4.79 Å². The molecule has 0 spiro atoms. The Labute approximate surface area is 141 Å². The summed E-state index contributed by atoms with van der Waals surface area (Å²) in [4.78, 5) is 10.3. The molecule has 4 nitrogen and oxygen atoms in total. The van der Waals surface area contributed by atoms with E-state index in [4.69, 9.17) is 5.11 Å². The van der Waals surface area contributed by atoms with Crippen LogP contribution in [0.25, 0.3) is 0 Å². The zero-order valence-corrected chi connectivity index (χ0v) is 14.8. The largest absolute Gasteiger partial charge is 0.481 e. The van der Waals surface area contributed by atoms with Gasteiger partial charge in [0.05, 0.1) is 5.92 Å². The second-order valence-corrected chi connectivity index (χ2v) is 5.58. The molecule has 0 heterocycles. The first-order valence-electron chi connectivity index (χ1n) is 8.84. The van der Waals surface area contributed by atoms with Crippen LogP contribution in [0.15, 0.2) is 36.5 Å². The lowest BCUT2D eigenvalue weighted by Gasteiger charge is -2.04. The summed E-state index contributed by atoms with van der Waals surface area (Å²) in [5.41, 5.74) is 0. The summed E-state index contributed by atoms with van der Waals surface area (Å²) in [6.07, 6.45) is 17.3. The molecule has 1 aliphatic rings. The average Bonchev–Trinajstić information content (AvgIpc) is 2.58. The molecule has 1 rings (SSSR count). The highest BCUT2D eigenvalue weighted by Gasteiger charge is 2.12. The van der Waals surface area contributed by atoms with Gasteiger partial charge in [0.25, 0.3) is 0 Å². The van der Waals surface area contributed by atoms with E-state index in [2.05, 4.69) is 36.6 Å². The van der Waals surface area contributed by atoms with Crippen molar-refractivity contribution in [2.24, 2.45) is 5.92 Å². The molecule has 0 amide bonds. The Morgan fingerprint density at radius 1 is 1.09 bits per heavy atom. The highest BCUT2D eigenvalue weighted by Crippen LogP contribution is 2.10. The molecular formula is C19H34N2O2. The van der Waals surface area contributed by atoms with Crippen LogP contribution in [0.2, 0.25) is 0 Å². The second-order valence-electron chi connectivity index (χ2n) is 5.58. The third-order valence-electron chi connectivity index (χ3n) is 3.40. The third kappa shape index (κ3) is 15.3. The van der Waals surface area contributed by atoms with Crippen LogP contribution >= 0.6 is 0 Å². The number of hydrogen-bond donors (Lipinski definition) is 3. The lowest BCUT2D eigenvalue weighted by atomic mass is 10.0. The van der Waals surface area contributed by atoms with Gasteiger partial charge < -0.3 is 15.7 Å². The maximum absolute atomic E-state index is 10.3. The Bertz CT molecular complexity index is 348. The summed E-state index contributed by atoms with van der Waals surface area (Å²) in [7, 11) is 0. The normalized spacial score (nSPS) is 16.3. The smallest absolute Gasteiger partial charge is 0.310 e. The molecule has 1 aliphatic carbocycles. The van der Waals surface area contributed by atoms with Gasteiger partial charge in [-0.1, -0.05) is 63.1 Å². The van der Waals surface area contributed by atoms with E-state index in [1.807, 2.05) is 12.2 Å². The zero-order valence-electron chi connectivity index (χ0n) is 14.8. The quantitative estimate of drug-likeness (QED) is 0.402. The van der Waals surface area contributed by atoms with Gasteiger partial charge in [-0.25, -0.2) is 0 Å². The van der Waals surface area contributed by atoms with E-state index in [0.29, 0.717) is 6.42 Å². The molecule has 4 heteroatoms. The standard InChI is InChI=1S/C12H26N2.C7H8O2/c1-3-5-9-13-11-7-8-12-14-10-6-4-2;8-7(9)6-4-2-1-3-5-6/h7-8,13-14H,3-6,9-12H2,1-2H3;1-4,6H,5H2,(H,8,9)/b8-7+;. The molecule has 0 aliphatic heterocycles. The predicted octanol–water partition coefficient (Wildman–Crippen LogP) is 3.53. The van der Waals surface area contributed by atoms with Crippen LogP contribution in [0.1, 0.15) is 46.0 Å². The summed E-state index contributed by atoms with van der Waals surface area (Å²) in [5.74, 6) is -1.04. The molecular weight excluding hydrogens is 288 g/mol. The number of rotatable bonds is 11. The number of allylic oxidation sites excluding steroid dienone is 3. The van der Waals surface area contributed by atoms with Crippen molar-refractivity contribution in [2.45, 2.75) is 46.0 Å². The van der Waals surface area contributed by atoms with Gasteiger partial charge >= 0.3 is 5.97 Å². The van der Waals surface area contributed by atoms with Gasteiger partial charge in [0.1, 0.15) is 0 Å². The number of aliphatic carboxylic acids is 1. The molecule has 0 aromatic rings. The fraction of sp³-hybridized carbons (Fsp3) is 0.632. The van der Waals surface area contributed by atoms with Crippen molar-refractivity contribution in [3.63, 3.8) is 0 Å². The number of carboxylic acid groups (broad SMARTS) is 1. The summed E-state index contributed by atoms with van der Waals surface area (Å²) in [6, 6.07) is 0. The Hall–Kier alpha value is -1.39. The Kier molecular flexibility index (Phi) is 15.9. The van der Waals surface area contributed by atoms with Gasteiger partial charge in [-0.15, -0.1) is 0 Å². The van der Waals surface area contributed by atoms with E-state index in [0.717, 1.165) is 26.2 Å². The van der Waals surface area contributed by atoms with Crippen LogP contribution in [0, 0.1) is 5.92 Å². The van der Waals surface area contributed by atoms with E-state index in [1.54, 1.807) is 12.2 Å². The predicted molar refractivity (Wildman–Crippen MR) is 98.7 cm³/mol. The fourth-order valence-electron chi connectivity index (χ4n) is 1.90. The SMILES string of the molecule is CCCCNC/C=C/CNCCCC.O=C(O)C1C=CC=CC1. The maximum Gasteiger partial charge on any atom is 0.310 e. The molecule has 0 saturated carbocycles. The highest BCUT2D eigenvalue weighted by molar-refractivity contribution is 5.72. The number of hydrogen-bond acceptors (Lipinski definition) is 3. The van der Waals surface area contributed by atoms with Crippen molar-refractivity contribution in [1.29, 1.82) is 0 Å². The van der Waals surface area contributed by atoms with Crippen LogP contribution in [0.4, 0.5) is 0 Å². The molecule has 0 aromatic heterocycles. The van der Waals surface area contributed by atoms with Crippen molar-refractivity contribution in [1.82, 2.24) is 10.6 Å². The number of carbonyl (C=O) groups is 1. The third-order valence-corrected chi connectivity index (χ3v) is 3.40. The second kappa shape index (κ2) is 17.0. The van der Waals surface area contributed by atoms with Crippen molar-refractivity contribution in [3.8, 4) is 0 Å². The molecule has 0 aromatic carbocycles. The lowest BCUT2D eigenvalue weighted by molar-refractivity contribution is -0.139. The first-order chi connectivity index (χ1) is 11.2.